The maximum Gasteiger partial charge on any atom is 0.0282 e. The molecule has 0 aromatic heterocycles. The summed E-state index contributed by atoms with van der Waals surface area (Å²) in [6.45, 7) is 9.93. The fraction of sp³-hybridized carbons (Fsp3) is 1.00. The van der Waals surface area contributed by atoms with Crippen LogP contribution in [0.2, 0.25) is 0 Å². The van der Waals surface area contributed by atoms with Gasteiger partial charge in [0.1, 0.15) is 0 Å². The molecule has 0 aliphatic rings. The molecular formula is C12H27NS. The predicted octanol–water partition coefficient (Wildman–Crippen LogP) is 3.67. The number of rotatable bonds is 8. The zero-order chi connectivity index (χ0) is 11.0. The SMILES string of the molecule is CCCC(CN)(CCC)SCC(C)C. The van der Waals surface area contributed by atoms with Crippen molar-refractivity contribution in [2.45, 2.75) is 58.1 Å². The van der Waals surface area contributed by atoms with Gasteiger partial charge in [-0.3, -0.25) is 0 Å². The molecule has 1 nitrogen and oxygen atoms in total. The van der Waals surface area contributed by atoms with Crippen LogP contribution in [0.4, 0.5) is 0 Å². The van der Waals surface area contributed by atoms with Crippen molar-refractivity contribution in [2.75, 3.05) is 12.3 Å². The second-order valence-electron chi connectivity index (χ2n) is 4.59. The van der Waals surface area contributed by atoms with E-state index < -0.39 is 0 Å². The fourth-order valence-corrected chi connectivity index (χ4v) is 3.29. The second-order valence-corrected chi connectivity index (χ2v) is 6.08. The van der Waals surface area contributed by atoms with Gasteiger partial charge in [0.15, 0.2) is 0 Å². The van der Waals surface area contributed by atoms with E-state index in [0.717, 1.165) is 12.5 Å². The first-order valence-corrected chi connectivity index (χ1v) is 6.92. The number of hydrogen-bond donors (Lipinski definition) is 1. The van der Waals surface area contributed by atoms with Crippen LogP contribution < -0.4 is 5.73 Å². The third-order valence-electron chi connectivity index (χ3n) is 2.51. The molecule has 2 heteroatoms. The van der Waals surface area contributed by atoms with E-state index >= 15 is 0 Å². The molecule has 0 radical (unpaired) electrons. The summed E-state index contributed by atoms with van der Waals surface area (Å²) in [5.41, 5.74) is 5.95. The minimum absolute atomic E-state index is 0.369. The molecule has 0 heterocycles. The van der Waals surface area contributed by atoms with Gasteiger partial charge in [0.05, 0.1) is 0 Å². The first-order valence-electron chi connectivity index (χ1n) is 5.94. The van der Waals surface area contributed by atoms with Crippen molar-refractivity contribution in [1.29, 1.82) is 0 Å². The van der Waals surface area contributed by atoms with Crippen LogP contribution >= 0.6 is 11.8 Å². The summed E-state index contributed by atoms with van der Waals surface area (Å²) in [5.74, 6) is 2.02. The Morgan fingerprint density at radius 2 is 1.64 bits per heavy atom. The maximum absolute atomic E-state index is 5.95. The highest BCUT2D eigenvalue weighted by molar-refractivity contribution is 8.00. The standard InChI is InChI=1S/C12H27NS/c1-5-7-12(10-13,8-6-2)14-9-11(3)4/h11H,5-10,13H2,1-4H3. The van der Waals surface area contributed by atoms with Crippen molar-refractivity contribution in [3.63, 3.8) is 0 Å². The smallest absolute Gasteiger partial charge is 0.0282 e. The first kappa shape index (κ1) is 14.3. The van der Waals surface area contributed by atoms with E-state index in [1.165, 1.54) is 31.4 Å². The summed E-state index contributed by atoms with van der Waals surface area (Å²) in [4.78, 5) is 0. The molecule has 0 aromatic rings. The van der Waals surface area contributed by atoms with Gasteiger partial charge in [-0.2, -0.15) is 11.8 Å². The lowest BCUT2D eigenvalue weighted by molar-refractivity contribution is 0.496. The molecule has 0 unspecified atom stereocenters. The summed E-state index contributed by atoms with van der Waals surface area (Å²) in [6, 6.07) is 0. The lowest BCUT2D eigenvalue weighted by Crippen LogP contribution is -2.35. The van der Waals surface area contributed by atoms with Gasteiger partial charge in [0.2, 0.25) is 0 Å². The van der Waals surface area contributed by atoms with Crippen LogP contribution in [0.15, 0.2) is 0 Å². The molecule has 0 saturated carbocycles. The van der Waals surface area contributed by atoms with Gasteiger partial charge in [-0.1, -0.05) is 40.5 Å². The average molecular weight is 217 g/mol. The van der Waals surface area contributed by atoms with Crippen molar-refractivity contribution < 1.29 is 0 Å². The molecule has 0 rings (SSSR count). The normalized spacial score (nSPS) is 12.4. The van der Waals surface area contributed by atoms with Gasteiger partial charge in [-0.05, 0) is 24.5 Å². The maximum atomic E-state index is 5.95. The van der Waals surface area contributed by atoms with Crippen LogP contribution in [-0.2, 0) is 0 Å². The molecule has 0 amide bonds. The van der Waals surface area contributed by atoms with Crippen LogP contribution in [0, 0.1) is 5.92 Å². The van der Waals surface area contributed by atoms with E-state index in [4.69, 9.17) is 5.73 Å². The minimum atomic E-state index is 0.369. The molecule has 0 aliphatic carbocycles. The predicted molar refractivity (Wildman–Crippen MR) is 68.9 cm³/mol. The van der Waals surface area contributed by atoms with Crippen LogP contribution in [0.25, 0.3) is 0 Å². The highest BCUT2D eigenvalue weighted by atomic mass is 32.2. The lowest BCUT2D eigenvalue weighted by atomic mass is 9.97. The Bertz CT molecular complexity index is 128. The van der Waals surface area contributed by atoms with Crippen molar-refractivity contribution in [3.05, 3.63) is 0 Å². The number of nitrogens with two attached hydrogens (primary N) is 1. The topological polar surface area (TPSA) is 26.0 Å². The lowest BCUT2D eigenvalue weighted by Gasteiger charge is -2.32. The van der Waals surface area contributed by atoms with E-state index in [1.54, 1.807) is 0 Å². The van der Waals surface area contributed by atoms with Gasteiger partial charge >= 0.3 is 0 Å². The second kappa shape index (κ2) is 7.58. The zero-order valence-corrected chi connectivity index (χ0v) is 11.1. The Morgan fingerprint density at radius 1 is 1.14 bits per heavy atom. The van der Waals surface area contributed by atoms with Crippen LogP contribution in [0.3, 0.4) is 0 Å². The summed E-state index contributed by atoms with van der Waals surface area (Å²) in [7, 11) is 0. The highest BCUT2D eigenvalue weighted by Crippen LogP contribution is 2.35. The largest absolute Gasteiger partial charge is 0.329 e. The van der Waals surface area contributed by atoms with Crippen LogP contribution in [0.1, 0.15) is 53.4 Å². The van der Waals surface area contributed by atoms with Crippen LogP contribution in [-0.4, -0.2) is 17.0 Å². The van der Waals surface area contributed by atoms with Gasteiger partial charge < -0.3 is 5.73 Å². The Labute approximate surface area is 94.2 Å². The van der Waals surface area contributed by atoms with E-state index in [-0.39, 0.29) is 0 Å². The molecule has 0 bridgehead atoms. The van der Waals surface area contributed by atoms with Crippen molar-refractivity contribution in [1.82, 2.24) is 0 Å². The van der Waals surface area contributed by atoms with Crippen LogP contribution in [0.5, 0.6) is 0 Å². The Morgan fingerprint density at radius 3 is 1.93 bits per heavy atom. The molecule has 0 aromatic carbocycles. The Kier molecular flexibility index (Phi) is 7.75. The molecule has 0 saturated heterocycles. The van der Waals surface area contributed by atoms with Crippen molar-refractivity contribution >= 4 is 11.8 Å². The van der Waals surface area contributed by atoms with E-state index in [1.807, 2.05) is 0 Å². The van der Waals surface area contributed by atoms with E-state index in [9.17, 15) is 0 Å². The minimum Gasteiger partial charge on any atom is -0.329 e. The Balaban J connectivity index is 4.17. The van der Waals surface area contributed by atoms with E-state index in [2.05, 4.69) is 39.5 Å². The molecular weight excluding hydrogens is 190 g/mol. The number of hydrogen-bond acceptors (Lipinski definition) is 2. The summed E-state index contributed by atoms with van der Waals surface area (Å²) in [6.07, 6.45) is 5.05. The molecule has 0 aliphatic heterocycles. The molecule has 2 N–H and O–H groups in total. The summed E-state index contributed by atoms with van der Waals surface area (Å²) < 4.78 is 0.369. The number of thioether (sulfide) groups is 1. The summed E-state index contributed by atoms with van der Waals surface area (Å²) >= 11 is 2.10. The monoisotopic (exact) mass is 217 g/mol. The molecule has 14 heavy (non-hydrogen) atoms. The zero-order valence-electron chi connectivity index (χ0n) is 10.3. The Hall–Kier alpha value is 0.310. The average Bonchev–Trinajstić information content (AvgIpc) is 2.15. The third kappa shape index (κ3) is 5.26. The molecule has 0 atom stereocenters. The van der Waals surface area contributed by atoms with E-state index in [0.29, 0.717) is 4.75 Å². The quantitative estimate of drug-likeness (QED) is 0.671. The van der Waals surface area contributed by atoms with Gasteiger partial charge in [0, 0.05) is 11.3 Å². The summed E-state index contributed by atoms with van der Waals surface area (Å²) in [5, 5.41) is 0. The molecule has 86 valence electrons. The first-order chi connectivity index (χ1) is 6.60. The third-order valence-corrected chi connectivity index (χ3v) is 4.53. The van der Waals surface area contributed by atoms with Crippen molar-refractivity contribution in [2.24, 2.45) is 11.7 Å². The molecule has 0 fully saturated rings. The van der Waals surface area contributed by atoms with Crippen molar-refractivity contribution in [3.8, 4) is 0 Å². The molecule has 0 spiro atoms. The fourth-order valence-electron chi connectivity index (χ4n) is 1.79. The van der Waals surface area contributed by atoms with Gasteiger partial charge in [0.25, 0.3) is 0 Å². The van der Waals surface area contributed by atoms with Gasteiger partial charge in [-0.25, -0.2) is 0 Å². The highest BCUT2D eigenvalue weighted by Gasteiger charge is 2.27. The van der Waals surface area contributed by atoms with Gasteiger partial charge in [-0.15, -0.1) is 0 Å².